The molecule has 0 atom stereocenters. The van der Waals surface area contributed by atoms with Crippen LogP contribution < -0.4 is 16.8 Å². The summed E-state index contributed by atoms with van der Waals surface area (Å²) < 4.78 is 4.96. The van der Waals surface area contributed by atoms with E-state index in [-0.39, 0.29) is 12.3 Å². The zero-order valence-corrected chi connectivity index (χ0v) is 13.8. The number of hydrogen-bond acceptors (Lipinski definition) is 5. The van der Waals surface area contributed by atoms with Crippen molar-refractivity contribution < 1.29 is 14.3 Å². The molecule has 0 spiro atoms. The van der Waals surface area contributed by atoms with Crippen molar-refractivity contribution in [1.29, 1.82) is 0 Å². The van der Waals surface area contributed by atoms with E-state index in [1.807, 2.05) is 30.3 Å². The summed E-state index contributed by atoms with van der Waals surface area (Å²) in [5.41, 5.74) is 11.3. The van der Waals surface area contributed by atoms with Crippen LogP contribution in [0.4, 0.5) is 0 Å². The molecule has 1 aromatic rings. The zero-order valence-electron chi connectivity index (χ0n) is 13.8. The van der Waals surface area contributed by atoms with Gasteiger partial charge in [0, 0.05) is 19.2 Å². The van der Waals surface area contributed by atoms with Gasteiger partial charge in [0.15, 0.2) is 0 Å². The van der Waals surface area contributed by atoms with E-state index in [1.165, 1.54) is 13.5 Å². The summed E-state index contributed by atoms with van der Waals surface area (Å²) in [6.07, 6.45) is 1.90. The highest BCUT2D eigenvalue weighted by molar-refractivity contribution is 5.97. The van der Waals surface area contributed by atoms with E-state index in [0.29, 0.717) is 12.0 Å². The van der Waals surface area contributed by atoms with E-state index >= 15 is 0 Å². The molecule has 5 N–H and O–H groups in total. The number of methoxy groups -OCH3 is 1. The molecule has 0 unspecified atom stereocenters. The Bertz CT molecular complexity index is 445. The highest BCUT2D eigenvalue weighted by atomic mass is 16.5. The van der Waals surface area contributed by atoms with Crippen molar-refractivity contribution in [3.05, 3.63) is 41.7 Å². The van der Waals surface area contributed by atoms with Crippen LogP contribution in [0, 0.1) is 0 Å². The fourth-order valence-corrected chi connectivity index (χ4v) is 1.32. The Morgan fingerprint density at radius 2 is 1.73 bits per heavy atom. The molecule has 0 radical (unpaired) electrons. The molecule has 6 heteroatoms. The second-order valence-electron chi connectivity index (χ2n) is 4.00. The maximum atomic E-state index is 11.1. The Labute approximate surface area is 132 Å². The lowest BCUT2D eigenvalue weighted by Gasteiger charge is -2.11. The molecule has 6 nitrogen and oxygen atoms in total. The van der Waals surface area contributed by atoms with Crippen LogP contribution >= 0.6 is 0 Å². The molecule has 0 heterocycles. The normalized spacial score (nSPS) is 9.86. The van der Waals surface area contributed by atoms with Crippen molar-refractivity contribution in [3.8, 4) is 0 Å². The lowest BCUT2D eigenvalue weighted by molar-refractivity contribution is -0.117. The van der Waals surface area contributed by atoms with E-state index in [2.05, 4.69) is 24.9 Å². The maximum Gasteiger partial charge on any atom is 0.285 e. The van der Waals surface area contributed by atoms with Gasteiger partial charge in [-0.2, -0.15) is 0 Å². The molecular weight excluding hydrogens is 282 g/mol. The minimum atomic E-state index is -0.592. The Kier molecular flexibility index (Phi) is 15.0. The second-order valence-corrected chi connectivity index (χ2v) is 4.00. The minimum absolute atomic E-state index is 0.128. The smallest absolute Gasteiger partial charge is 0.285 e. The van der Waals surface area contributed by atoms with Crippen LogP contribution in [-0.4, -0.2) is 32.9 Å². The Hall–Kier alpha value is -2.34. The quantitative estimate of drug-likeness (QED) is 0.431. The molecule has 0 aliphatic heterocycles. The van der Waals surface area contributed by atoms with Gasteiger partial charge in [-0.3, -0.25) is 4.79 Å². The van der Waals surface area contributed by atoms with E-state index in [4.69, 9.17) is 15.3 Å². The maximum absolute atomic E-state index is 11.1. The van der Waals surface area contributed by atoms with Gasteiger partial charge >= 0.3 is 0 Å². The van der Waals surface area contributed by atoms with Crippen molar-refractivity contribution >= 4 is 17.9 Å². The minimum Gasteiger partial charge on any atom is -0.490 e. The molecule has 0 aliphatic carbocycles. The number of aldehydes is 1. The van der Waals surface area contributed by atoms with Gasteiger partial charge in [-0.15, -0.1) is 0 Å². The van der Waals surface area contributed by atoms with Gasteiger partial charge < -0.3 is 26.3 Å². The van der Waals surface area contributed by atoms with Crippen molar-refractivity contribution in [3.63, 3.8) is 0 Å². The molecule has 0 bridgehead atoms. The summed E-state index contributed by atoms with van der Waals surface area (Å²) in [5.74, 6) is -0.464. The highest BCUT2D eigenvalue weighted by Crippen LogP contribution is 2.15. The molecule has 1 aromatic carbocycles. The Morgan fingerprint density at radius 3 is 2.00 bits per heavy atom. The highest BCUT2D eigenvalue weighted by Gasteiger charge is 2.13. The molecule has 1 amide bonds. The molecule has 0 fully saturated rings. The number of hydrogen-bond donors (Lipinski definition) is 3. The van der Waals surface area contributed by atoms with Gasteiger partial charge in [-0.25, -0.2) is 0 Å². The molecule has 0 aliphatic rings. The molecule has 0 saturated heterocycles. The van der Waals surface area contributed by atoms with Crippen LogP contribution in [0.5, 0.6) is 0 Å². The topological polar surface area (TPSA) is 107 Å². The van der Waals surface area contributed by atoms with Crippen LogP contribution in [0.3, 0.4) is 0 Å². The van der Waals surface area contributed by atoms with E-state index in [1.54, 1.807) is 7.05 Å². The van der Waals surface area contributed by atoms with Gasteiger partial charge in [-0.1, -0.05) is 50.6 Å². The molecule has 22 heavy (non-hydrogen) atoms. The number of carbonyl (C=O) groups excluding carboxylic acids is 2. The summed E-state index contributed by atoms with van der Waals surface area (Å²) in [6, 6.07) is 9.39. The average molecular weight is 309 g/mol. The third-order valence-electron chi connectivity index (χ3n) is 2.06. The van der Waals surface area contributed by atoms with Gasteiger partial charge in [0.25, 0.3) is 5.91 Å². The lowest BCUT2D eigenvalue weighted by Crippen LogP contribution is -2.21. The van der Waals surface area contributed by atoms with Gasteiger partial charge in [0.05, 0.1) is 12.8 Å². The molecule has 1 rings (SSSR count). The van der Waals surface area contributed by atoms with Crippen LogP contribution in [-0.2, 0) is 14.3 Å². The first kappa shape index (κ1) is 21.9. The fourth-order valence-electron chi connectivity index (χ4n) is 1.32. The third kappa shape index (κ3) is 9.55. The molecular formula is C16H27N3O3. The number of carbonyl (C=O) groups is 2. The monoisotopic (exact) mass is 309 g/mol. The summed E-state index contributed by atoms with van der Waals surface area (Å²) in [6.45, 7) is 4.39. The van der Waals surface area contributed by atoms with Crippen molar-refractivity contribution in [2.75, 3.05) is 20.7 Å². The summed E-state index contributed by atoms with van der Waals surface area (Å²) in [7, 11) is 3.13. The van der Waals surface area contributed by atoms with E-state index < -0.39 is 5.91 Å². The Balaban J connectivity index is 0. The SMILES string of the molecule is CCC.CN/C(=C(/OC)C(N)=O)c1ccccc1.NCC=O. The predicted molar refractivity (Wildman–Crippen MR) is 89.7 cm³/mol. The van der Waals surface area contributed by atoms with Crippen LogP contribution in [0.25, 0.3) is 5.70 Å². The summed E-state index contributed by atoms with van der Waals surface area (Å²) in [4.78, 5) is 20.2. The van der Waals surface area contributed by atoms with Crippen molar-refractivity contribution in [2.45, 2.75) is 20.3 Å². The zero-order chi connectivity index (χ0) is 17.4. The first-order valence-electron chi connectivity index (χ1n) is 6.98. The number of primary amides is 1. The first-order valence-corrected chi connectivity index (χ1v) is 6.98. The predicted octanol–water partition coefficient (Wildman–Crippen LogP) is 1.27. The lowest BCUT2D eigenvalue weighted by atomic mass is 10.1. The fraction of sp³-hybridized carbons (Fsp3) is 0.375. The van der Waals surface area contributed by atoms with Gasteiger partial charge in [-0.05, 0) is 0 Å². The van der Waals surface area contributed by atoms with Crippen LogP contribution in [0.1, 0.15) is 25.8 Å². The van der Waals surface area contributed by atoms with E-state index in [9.17, 15) is 4.79 Å². The number of nitrogens with one attached hydrogen (secondary N) is 1. The number of amides is 1. The summed E-state index contributed by atoms with van der Waals surface area (Å²) in [5, 5.41) is 2.90. The van der Waals surface area contributed by atoms with Crippen LogP contribution in [0.2, 0.25) is 0 Å². The van der Waals surface area contributed by atoms with E-state index in [0.717, 1.165) is 5.56 Å². The standard InChI is InChI=1S/C11H14N2O2.C3H8.C2H5NO/c1-13-9(10(15-2)11(12)14)8-6-4-3-5-7-8;1-3-2;3-1-2-4/h3-7,13H,1-2H3,(H2,12,14);3H2,1-2H3;2H,1,3H2/b10-9+;;. The number of nitrogens with two attached hydrogens (primary N) is 2. The second kappa shape index (κ2) is 15.1. The number of benzene rings is 1. The van der Waals surface area contributed by atoms with Gasteiger partial charge in [0.2, 0.25) is 5.76 Å². The van der Waals surface area contributed by atoms with Gasteiger partial charge in [0.1, 0.15) is 6.29 Å². The largest absolute Gasteiger partial charge is 0.490 e. The molecule has 124 valence electrons. The number of ether oxygens (including phenoxy) is 1. The summed E-state index contributed by atoms with van der Waals surface area (Å²) >= 11 is 0. The first-order chi connectivity index (χ1) is 10.5. The number of rotatable bonds is 5. The van der Waals surface area contributed by atoms with Crippen molar-refractivity contribution in [2.24, 2.45) is 11.5 Å². The third-order valence-corrected chi connectivity index (χ3v) is 2.06. The van der Waals surface area contributed by atoms with Crippen LogP contribution in [0.15, 0.2) is 36.1 Å². The van der Waals surface area contributed by atoms with Crippen molar-refractivity contribution in [1.82, 2.24) is 5.32 Å². The Morgan fingerprint density at radius 1 is 1.27 bits per heavy atom. The molecule has 0 saturated carbocycles. The molecule has 0 aromatic heterocycles. The average Bonchev–Trinajstić information content (AvgIpc) is 2.53.